The molecule has 1 amide bonds. The Hall–Kier alpha value is -3.80. The van der Waals surface area contributed by atoms with Crippen LogP contribution in [0.25, 0.3) is 11.1 Å². The predicted octanol–water partition coefficient (Wildman–Crippen LogP) is 4.17. The van der Waals surface area contributed by atoms with Crippen molar-refractivity contribution in [1.82, 2.24) is 4.98 Å². The molecule has 4 aromatic rings. The minimum Gasteiger partial charge on any atom is -0.457 e. The summed E-state index contributed by atoms with van der Waals surface area (Å²) in [6, 6.07) is 21.2. The molecular formula is C20H14N2O4. The van der Waals surface area contributed by atoms with Crippen molar-refractivity contribution < 1.29 is 13.9 Å². The molecule has 0 fully saturated rings. The fraction of sp³-hybridized carbons (Fsp3) is 0. The van der Waals surface area contributed by atoms with Gasteiger partial charge in [0.1, 0.15) is 11.5 Å². The van der Waals surface area contributed by atoms with Gasteiger partial charge in [0.2, 0.25) is 0 Å². The number of carbonyl (C=O) groups is 1. The summed E-state index contributed by atoms with van der Waals surface area (Å²) in [7, 11) is 0. The van der Waals surface area contributed by atoms with Crippen molar-refractivity contribution in [2.75, 3.05) is 5.32 Å². The summed E-state index contributed by atoms with van der Waals surface area (Å²) in [5.41, 5.74) is 1.97. The van der Waals surface area contributed by atoms with E-state index in [1.807, 2.05) is 30.3 Å². The Morgan fingerprint density at radius 1 is 0.923 bits per heavy atom. The third-order valence-electron chi connectivity index (χ3n) is 3.75. The first kappa shape index (κ1) is 15.7. The summed E-state index contributed by atoms with van der Waals surface area (Å²) in [6.45, 7) is 0. The number of aromatic nitrogens is 1. The fourth-order valence-corrected chi connectivity index (χ4v) is 2.56. The predicted molar refractivity (Wildman–Crippen MR) is 97.7 cm³/mol. The Morgan fingerprint density at radius 2 is 1.73 bits per heavy atom. The maximum Gasteiger partial charge on any atom is 0.417 e. The van der Waals surface area contributed by atoms with E-state index in [2.05, 4.69) is 10.3 Å². The largest absolute Gasteiger partial charge is 0.457 e. The Labute approximate surface area is 148 Å². The Kier molecular flexibility index (Phi) is 3.99. The van der Waals surface area contributed by atoms with Crippen molar-refractivity contribution in [3.8, 4) is 11.5 Å². The van der Waals surface area contributed by atoms with Crippen molar-refractivity contribution >= 4 is 22.7 Å². The van der Waals surface area contributed by atoms with Crippen molar-refractivity contribution in [3.63, 3.8) is 0 Å². The second-order valence-electron chi connectivity index (χ2n) is 5.62. The Bertz CT molecular complexity index is 1130. The topological polar surface area (TPSA) is 84.3 Å². The number of hydrogen-bond donors (Lipinski definition) is 2. The lowest BCUT2D eigenvalue weighted by atomic mass is 10.2. The lowest BCUT2D eigenvalue weighted by Gasteiger charge is -2.08. The molecule has 0 bridgehead atoms. The van der Waals surface area contributed by atoms with Gasteiger partial charge in [-0.05, 0) is 48.5 Å². The molecule has 0 atom stereocenters. The average molecular weight is 346 g/mol. The summed E-state index contributed by atoms with van der Waals surface area (Å²) < 4.78 is 10.7. The molecule has 0 aliphatic heterocycles. The number of fused-ring (bicyclic) bond motifs is 1. The van der Waals surface area contributed by atoms with Crippen molar-refractivity contribution in [3.05, 3.63) is 88.9 Å². The summed E-state index contributed by atoms with van der Waals surface area (Å²) in [6.07, 6.45) is 0. The lowest BCUT2D eigenvalue weighted by molar-refractivity contribution is 0.102. The number of hydrogen-bond acceptors (Lipinski definition) is 4. The van der Waals surface area contributed by atoms with E-state index in [1.165, 1.54) is 0 Å². The summed E-state index contributed by atoms with van der Waals surface area (Å²) in [5, 5.41) is 2.79. The van der Waals surface area contributed by atoms with Crippen LogP contribution < -0.4 is 15.8 Å². The van der Waals surface area contributed by atoms with Crippen molar-refractivity contribution in [2.45, 2.75) is 0 Å². The molecule has 6 heteroatoms. The molecule has 26 heavy (non-hydrogen) atoms. The summed E-state index contributed by atoms with van der Waals surface area (Å²) in [4.78, 5) is 26.3. The number of oxazole rings is 1. The van der Waals surface area contributed by atoms with Gasteiger partial charge < -0.3 is 14.5 Å². The van der Waals surface area contributed by atoms with Crippen LogP contribution in [0.4, 0.5) is 5.69 Å². The molecule has 0 saturated carbocycles. The molecule has 128 valence electrons. The van der Waals surface area contributed by atoms with Crippen LogP contribution in [0.3, 0.4) is 0 Å². The van der Waals surface area contributed by atoms with Crippen LogP contribution >= 0.6 is 0 Å². The monoisotopic (exact) mass is 346 g/mol. The van der Waals surface area contributed by atoms with E-state index in [4.69, 9.17) is 9.15 Å². The highest BCUT2D eigenvalue weighted by Crippen LogP contribution is 2.23. The SMILES string of the molecule is O=C(Nc1ccc2oc(=O)[nH]c2c1)c1cccc(Oc2ccccc2)c1. The number of para-hydroxylation sites is 1. The van der Waals surface area contributed by atoms with Crippen LogP contribution in [0.2, 0.25) is 0 Å². The molecule has 4 rings (SSSR count). The molecule has 1 aromatic heterocycles. The average Bonchev–Trinajstić information content (AvgIpc) is 3.02. The molecule has 0 spiro atoms. The van der Waals surface area contributed by atoms with Crippen LogP contribution in [0.5, 0.6) is 11.5 Å². The summed E-state index contributed by atoms with van der Waals surface area (Å²) in [5.74, 6) is 0.445. The van der Waals surface area contributed by atoms with E-state index in [1.54, 1.807) is 42.5 Å². The smallest absolute Gasteiger partial charge is 0.417 e. The molecule has 0 aliphatic carbocycles. The third-order valence-corrected chi connectivity index (χ3v) is 3.75. The highest BCUT2D eigenvalue weighted by Gasteiger charge is 2.09. The van der Waals surface area contributed by atoms with Gasteiger partial charge in [0.25, 0.3) is 5.91 Å². The molecule has 6 nitrogen and oxygen atoms in total. The lowest BCUT2D eigenvalue weighted by Crippen LogP contribution is -2.11. The number of nitrogens with one attached hydrogen (secondary N) is 2. The highest BCUT2D eigenvalue weighted by atomic mass is 16.5. The normalized spacial score (nSPS) is 10.6. The van der Waals surface area contributed by atoms with Crippen LogP contribution in [0.15, 0.2) is 82.0 Å². The quantitative estimate of drug-likeness (QED) is 0.581. The van der Waals surface area contributed by atoms with E-state index in [-0.39, 0.29) is 5.91 Å². The Morgan fingerprint density at radius 3 is 2.58 bits per heavy atom. The van der Waals surface area contributed by atoms with Gasteiger partial charge >= 0.3 is 5.76 Å². The molecule has 0 aliphatic rings. The maximum absolute atomic E-state index is 12.5. The van der Waals surface area contributed by atoms with E-state index >= 15 is 0 Å². The van der Waals surface area contributed by atoms with Crippen LogP contribution in [0.1, 0.15) is 10.4 Å². The van der Waals surface area contributed by atoms with Crippen LogP contribution in [0, 0.1) is 0 Å². The number of rotatable bonds is 4. The van der Waals surface area contributed by atoms with Gasteiger partial charge in [0, 0.05) is 11.3 Å². The van der Waals surface area contributed by atoms with E-state index in [0.29, 0.717) is 33.8 Å². The first-order valence-corrected chi connectivity index (χ1v) is 7.94. The molecule has 0 saturated heterocycles. The number of carbonyl (C=O) groups excluding carboxylic acids is 1. The van der Waals surface area contributed by atoms with Crippen molar-refractivity contribution in [1.29, 1.82) is 0 Å². The highest BCUT2D eigenvalue weighted by molar-refractivity contribution is 6.05. The van der Waals surface area contributed by atoms with Crippen LogP contribution in [-0.2, 0) is 0 Å². The van der Waals surface area contributed by atoms with Crippen molar-refractivity contribution in [2.24, 2.45) is 0 Å². The molecule has 2 N–H and O–H groups in total. The number of aromatic amines is 1. The van der Waals surface area contributed by atoms with Crippen LogP contribution in [-0.4, -0.2) is 10.9 Å². The zero-order chi connectivity index (χ0) is 17.9. The second-order valence-corrected chi connectivity index (χ2v) is 5.62. The zero-order valence-electron chi connectivity index (χ0n) is 13.6. The molecule has 3 aromatic carbocycles. The Balaban J connectivity index is 1.53. The van der Waals surface area contributed by atoms with Gasteiger partial charge in [-0.25, -0.2) is 4.79 Å². The van der Waals surface area contributed by atoms with Gasteiger partial charge in [-0.2, -0.15) is 0 Å². The van der Waals surface area contributed by atoms with Gasteiger partial charge in [-0.15, -0.1) is 0 Å². The third kappa shape index (κ3) is 3.34. The number of amides is 1. The first-order valence-electron chi connectivity index (χ1n) is 7.94. The zero-order valence-corrected chi connectivity index (χ0v) is 13.6. The standard InChI is InChI=1S/C20H14N2O4/c23-19(21-14-9-10-18-17(12-14)22-20(24)26-18)13-5-4-8-16(11-13)25-15-6-2-1-3-7-15/h1-12H,(H,21,23)(H,22,24). The minimum atomic E-state index is -0.533. The minimum absolute atomic E-state index is 0.284. The second kappa shape index (κ2) is 6.60. The molecule has 0 radical (unpaired) electrons. The van der Waals surface area contributed by atoms with E-state index in [0.717, 1.165) is 0 Å². The summed E-state index contributed by atoms with van der Waals surface area (Å²) >= 11 is 0. The maximum atomic E-state index is 12.5. The van der Waals surface area contributed by atoms with Gasteiger partial charge in [0.15, 0.2) is 5.58 Å². The van der Waals surface area contributed by atoms with Gasteiger partial charge in [-0.3, -0.25) is 9.78 Å². The van der Waals surface area contributed by atoms with Gasteiger partial charge in [0.05, 0.1) is 5.52 Å². The van der Waals surface area contributed by atoms with Gasteiger partial charge in [-0.1, -0.05) is 24.3 Å². The number of anilines is 1. The number of ether oxygens (including phenoxy) is 1. The molecule has 0 unspecified atom stereocenters. The number of H-pyrrole nitrogens is 1. The van der Waals surface area contributed by atoms with E-state index in [9.17, 15) is 9.59 Å². The molecular weight excluding hydrogens is 332 g/mol. The fourth-order valence-electron chi connectivity index (χ4n) is 2.56. The van der Waals surface area contributed by atoms with E-state index < -0.39 is 5.76 Å². The number of benzene rings is 3. The molecule has 1 heterocycles. The first-order chi connectivity index (χ1) is 12.7.